The SMILES string of the molecule is C#C[C@H](N)Cc1sc2c(NCc3ccco3)cc(Cl)nc2c1C.Cl. The molecule has 1 atom stereocenters. The van der Waals surface area contributed by atoms with Crippen molar-refractivity contribution < 1.29 is 4.42 Å². The van der Waals surface area contributed by atoms with Gasteiger partial charge in [-0.3, -0.25) is 0 Å². The molecule has 0 fully saturated rings. The summed E-state index contributed by atoms with van der Waals surface area (Å²) >= 11 is 7.82. The minimum atomic E-state index is -0.295. The summed E-state index contributed by atoms with van der Waals surface area (Å²) in [7, 11) is 0. The van der Waals surface area contributed by atoms with Gasteiger partial charge in [-0.1, -0.05) is 17.5 Å². The maximum absolute atomic E-state index is 6.17. The number of hydrogen-bond acceptors (Lipinski definition) is 5. The zero-order chi connectivity index (χ0) is 16.4. The van der Waals surface area contributed by atoms with Crippen molar-refractivity contribution in [2.45, 2.75) is 25.9 Å². The maximum atomic E-state index is 6.17. The van der Waals surface area contributed by atoms with Gasteiger partial charge < -0.3 is 15.5 Å². The summed E-state index contributed by atoms with van der Waals surface area (Å²) in [6, 6.07) is 5.31. The fraction of sp³-hybridized carbons (Fsp3) is 0.235. The molecule has 24 heavy (non-hydrogen) atoms. The van der Waals surface area contributed by atoms with Crippen LogP contribution in [0.3, 0.4) is 0 Å². The Morgan fingerprint density at radius 1 is 1.54 bits per heavy atom. The van der Waals surface area contributed by atoms with E-state index < -0.39 is 0 Å². The van der Waals surface area contributed by atoms with Crippen LogP contribution in [0.2, 0.25) is 5.15 Å². The predicted molar refractivity (Wildman–Crippen MR) is 103 cm³/mol. The lowest BCUT2D eigenvalue weighted by atomic mass is 10.1. The largest absolute Gasteiger partial charge is 0.467 e. The highest BCUT2D eigenvalue weighted by Gasteiger charge is 2.16. The van der Waals surface area contributed by atoms with Crippen molar-refractivity contribution >= 4 is 51.2 Å². The molecular weight excluding hydrogens is 365 g/mol. The van der Waals surface area contributed by atoms with Crippen LogP contribution in [0, 0.1) is 19.3 Å². The van der Waals surface area contributed by atoms with E-state index >= 15 is 0 Å². The highest BCUT2D eigenvalue weighted by atomic mass is 35.5. The van der Waals surface area contributed by atoms with Crippen LogP contribution in [0.1, 0.15) is 16.2 Å². The number of furan rings is 1. The lowest BCUT2D eigenvalue weighted by Gasteiger charge is -2.06. The van der Waals surface area contributed by atoms with Crippen LogP contribution in [0.5, 0.6) is 0 Å². The molecule has 3 heterocycles. The third kappa shape index (κ3) is 3.85. The number of terminal acetylenes is 1. The molecule has 7 heteroatoms. The summed E-state index contributed by atoms with van der Waals surface area (Å²) in [4.78, 5) is 5.59. The van der Waals surface area contributed by atoms with Gasteiger partial charge in [-0.15, -0.1) is 30.2 Å². The second kappa shape index (κ2) is 7.91. The Kier molecular flexibility index (Phi) is 6.14. The molecule has 0 saturated heterocycles. The molecule has 0 unspecified atom stereocenters. The third-order valence-corrected chi connectivity index (χ3v) is 5.12. The van der Waals surface area contributed by atoms with E-state index in [1.54, 1.807) is 17.6 Å². The van der Waals surface area contributed by atoms with Crippen LogP contribution in [-0.4, -0.2) is 11.0 Å². The first-order valence-corrected chi connectivity index (χ1v) is 8.34. The highest BCUT2D eigenvalue weighted by molar-refractivity contribution is 7.19. The van der Waals surface area contributed by atoms with Crippen LogP contribution in [0.25, 0.3) is 10.2 Å². The van der Waals surface area contributed by atoms with Gasteiger partial charge in [-0.2, -0.15) is 0 Å². The van der Waals surface area contributed by atoms with Crippen molar-refractivity contribution in [3.05, 3.63) is 45.8 Å². The topological polar surface area (TPSA) is 64.1 Å². The minimum Gasteiger partial charge on any atom is -0.467 e. The molecule has 0 aliphatic rings. The van der Waals surface area contributed by atoms with Gasteiger partial charge in [0.2, 0.25) is 0 Å². The van der Waals surface area contributed by atoms with Gasteiger partial charge in [-0.05, 0) is 24.6 Å². The van der Waals surface area contributed by atoms with Crippen LogP contribution < -0.4 is 11.1 Å². The fourth-order valence-electron chi connectivity index (χ4n) is 2.37. The monoisotopic (exact) mass is 381 g/mol. The zero-order valence-electron chi connectivity index (χ0n) is 13.0. The molecule has 3 aromatic rings. The van der Waals surface area contributed by atoms with E-state index in [0.717, 1.165) is 32.1 Å². The van der Waals surface area contributed by atoms with Crippen molar-refractivity contribution in [2.75, 3.05) is 5.32 Å². The molecule has 0 amide bonds. The van der Waals surface area contributed by atoms with E-state index in [1.807, 2.05) is 25.1 Å². The standard InChI is InChI=1S/C17H16ClN3OS.ClH/c1-3-11(19)7-14-10(2)16-17(23-14)13(8-15(18)21-16)20-9-12-5-4-6-22-12;/h1,4-6,8,11H,7,9,19H2,2H3,(H,20,21);1H/t11-;/m0./s1. The number of halogens is 2. The summed E-state index contributed by atoms with van der Waals surface area (Å²) < 4.78 is 6.40. The number of aryl methyl sites for hydroxylation is 1. The summed E-state index contributed by atoms with van der Waals surface area (Å²) in [5.41, 5.74) is 8.79. The van der Waals surface area contributed by atoms with Gasteiger partial charge in [0.05, 0.1) is 34.8 Å². The van der Waals surface area contributed by atoms with Gasteiger partial charge >= 0.3 is 0 Å². The quantitative estimate of drug-likeness (QED) is 0.508. The van der Waals surface area contributed by atoms with E-state index in [9.17, 15) is 0 Å². The van der Waals surface area contributed by atoms with Crippen molar-refractivity contribution in [2.24, 2.45) is 5.73 Å². The zero-order valence-corrected chi connectivity index (χ0v) is 15.4. The molecule has 3 aromatic heterocycles. The molecular formula is C17H17Cl2N3OS. The average Bonchev–Trinajstić information content (AvgIpc) is 3.15. The van der Waals surface area contributed by atoms with Gasteiger partial charge in [0.25, 0.3) is 0 Å². The first-order chi connectivity index (χ1) is 11.1. The number of nitrogens with two attached hydrogens (primary N) is 1. The third-order valence-electron chi connectivity index (χ3n) is 3.59. The molecule has 0 aliphatic carbocycles. The van der Waals surface area contributed by atoms with Gasteiger partial charge in [0.1, 0.15) is 10.9 Å². The Morgan fingerprint density at radius 3 is 3.00 bits per heavy atom. The molecule has 126 valence electrons. The van der Waals surface area contributed by atoms with Crippen LogP contribution >= 0.6 is 35.3 Å². The van der Waals surface area contributed by atoms with Gasteiger partial charge in [0, 0.05) is 17.4 Å². The van der Waals surface area contributed by atoms with Crippen molar-refractivity contribution in [1.82, 2.24) is 4.98 Å². The van der Waals surface area contributed by atoms with E-state index in [-0.39, 0.29) is 18.4 Å². The van der Waals surface area contributed by atoms with E-state index in [1.165, 1.54) is 0 Å². The first-order valence-electron chi connectivity index (χ1n) is 7.15. The van der Waals surface area contributed by atoms with Crippen molar-refractivity contribution in [1.29, 1.82) is 0 Å². The molecule has 4 nitrogen and oxygen atoms in total. The summed E-state index contributed by atoms with van der Waals surface area (Å²) in [6.45, 7) is 2.61. The molecule has 0 saturated carbocycles. The van der Waals surface area contributed by atoms with Crippen molar-refractivity contribution in [3.63, 3.8) is 0 Å². The Hall–Kier alpha value is -1.71. The Balaban J connectivity index is 0.00000208. The summed E-state index contributed by atoms with van der Waals surface area (Å²) in [6.07, 6.45) is 7.68. The number of nitrogens with zero attached hydrogens (tertiary/aromatic N) is 1. The number of aromatic nitrogens is 1. The van der Waals surface area contributed by atoms with E-state index in [2.05, 4.69) is 16.2 Å². The van der Waals surface area contributed by atoms with Crippen LogP contribution in [-0.2, 0) is 13.0 Å². The number of thiophene rings is 1. The minimum absolute atomic E-state index is 0. The molecule has 0 spiro atoms. The number of fused-ring (bicyclic) bond motifs is 1. The van der Waals surface area contributed by atoms with Crippen LogP contribution in [0.15, 0.2) is 28.9 Å². The molecule has 3 N–H and O–H groups in total. The molecule has 3 rings (SSSR count). The average molecular weight is 382 g/mol. The van der Waals surface area contributed by atoms with Gasteiger partial charge in [-0.25, -0.2) is 4.98 Å². The second-order valence-electron chi connectivity index (χ2n) is 5.23. The molecule has 0 radical (unpaired) electrons. The second-order valence-corrected chi connectivity index (χ2v) is 6.72. The Bertz CT molecular complexity index is 868. The smallest absolute Gasteiger partial charge is 0.131 e. The number of pyridine rings is 1. The van der Waals surface area contributed by atoms with Crippen molar-refractivity contribution in [3.8, 4) is 12.3 Å². The Labute approximate surface area is 155 Å². The predicted octanol–water partition coefficient (Wildman–Crippen LogP) is 4.39. The highest BCUT2D eigenvalue weighted by Crippen LogP contribution is 2.37. The number of hydrogen-bond donors (Lipinski definition) is 2. The number of rotatable bonds is 5. The molecule has 0 bridgehead atoms. The van der Waals surface area contributed by atoms with E-state index in [0.29, 0.717) is 18.1 Å². The number of anilines is 1. The summed E-state index contributed by atoms with van der Waals surface area (Å²) in [5, 5.41) is 3.81. The molecule has 0 aliphatic heterocycles. The lowest BCUT2D eigenvalue weighted by Crippen LogP contribution is -2.19. The number of nitrogens with one attached hydrogen (secondary N) is 1. The normalized spacial score (nSPS) is 11.8. The van der Waals surface area contributed by atoms with Gasteiger partial charge in [0.15, 0.2) is 0 Å². The lowest BCUT2D eigenvalue weighted by molar-refractivity contribution is 0.518. The summed E-state index contributed by atoms with van der Waals surface area (Å²) in [5.74, 6) is 3.42. The maximum Gasteiger partial charge on any atom is 0.131 e. The van der Waals surface area contributed by atoms with Crippen LogP contribution in [0.4, 0.5) is 5.69 Å². The molecule has 0 aromatic carbocycles. The fourth-order valence-corrected chi connectivity index (χ4v) is 3.86. The van der Waals surface area contributed by atoms with E-state index in [4.69, 9.17) is 28.2 Å². The first kappa shape index (κ1) is 18.6. The Morgan fingerprint density at radius 2 is 2.33 bits per heavy atom.